The second-order valence-electron chi connectivity index (χ2n) is 5.40. The highest BCUT2D eigenvalue weighted by Gasteiger charge is 2.36. The summed E-state index contributed by atoms with van der Waals surface area (Å²) in [6.45, 7) is 3.39. The highest BCUT2D eigenvalue weighted by atomic mass is 15.3. The Kier molecular flexibility index (Phi) is 2.30. The maximum absolute atomic E-state index is 4.74. The Morgan fingerprint density at radius 3 is 3.11 bits per heavy atom. The zero-order valence-corrected chi connectivity index (χ0v) is 10.4. The Morgan fingerprint density at radius 1 is 1.22 bits per heavy atom. The van der Waals surface area contributed by atoms with Crippen molar-refractivity contribution in [1.82, 2.24) is 15.3 Å². The van der Waals surface area contributed by atoms with Gasteiger partial charge < -0.3 is 15.2 Å². The van der Waals surface area contributed by atoms with Crippen molar-refractivity contribution in [2.45, 2.75) is 18.9 Å². The van der Waals surface area contributed by atoms with Gasteiger partial charge in [-0.05, 0) is 30.9 Å². The molecule has 2 N–H and O–H groups in total. The van der Waals surface area contributed by atoms with Crippen LogP contribution in [0.4, 0.5) is 5.95 Å². The van der Waals surface area contributed by atoms with Crippen molar-refractivity contribution in [3.63, 3.8) is 0 Å². The highest BCUT2D eigenvalue weighted by Crippen LogP contribution is 2.30. The van der Waals surface area contributed by atoms with E-state index in [2.05, 4.69) is 33.4 Å². The van der Waals surface area contributed by atoms with Gasteiger partial charge in [0.25, 0.3) is 0 Å². The molecule has 4 nitrogen and oxygen atoms in total. The number of hydrogen-bond donors (Lipinski definition) is 2. The minimum atomic E-state index is 0.624. The molecule has 4 heteroatoms. The number of fused-ring (bicyclic) bond motifs is 2. The lowest BCUT2D eigenvalue weighted by atomic mass is 9.92. The summed E-state index contributed by atoms with van der Waals surface area (Å²) in [6, 6.07) is 8.90. The van der Waals surface area contributed by atoms with Crippen LogP contribution in [0.15, 0.2) is 24.3 Å². The van der Waals surface area contributed by atoms with E-state index in [0.29, 0.717) is 6.04 Å². The van der Waals surface area contributed by atoms with Gasteiger partial charge >= 0.3 is 0 Å². The first kappa shape index (κ1) is 10.4. The molecule has 0 bridgehead atoms. The summed E-state index contributed by atoms with van der Waals surface area (Å²) in [7, 11) is 0. The fourth-order valence-corrected chi connectivity index (χ4v) is 3.41. The van der Waals surface area contributed by atoms with Gasteiger partial charge in [-0.2, -0.15) is 0 Å². The van der Waals surface area contributed by atoms with E-state index in [1.807, 2.05) is 6.07 Å². The fraction of sp³-hybridized carbons (Fsp3) is 0.500. The van der Waals surface area contributed by atoms with Crippen LogP contribution < -0.4 is 10.2 Å². The summed E-state index contributed by atoms with van der Waals surface area (Å²) in [5, 5.41) is 3.51. The topological polar surface area (TPSA) is 44.0 Å². The van der Waals surface area contributed by atoms with Crippen LogP contribution in [-0.4, -0.2) is 35.6 Å². The second kappa shape index (κ2) is 3.99. The number of aromatic amines is 1. The molecule has 2 saturated heterocycles. The standard InChI is InChI=1S/C14H18N4/c1-2-6-12-11(5-1)16-14(17-12)18-7-3-4-10-8-15-9-13(10)18/h1-2,5-6,10,13,15H,3-4,7-9H2,(H,16,17). The molecule has 2 aliphatic heterocycles. The summed E-state index contributed by atoms with van der Waals surface area (Å²) >= 11 is 0. The van der Waals surface area contributed by atoms with Crippen LogP contribution in [0.3, 0.4) is 0 Å². The van der Waals surface area contributed by atoms with E-state index < -0.39 is 0 Å². The average molecular weight is 242 g/mol. The van der Waals surface area contributed by atoms with E-state index in [1.165, 1.54) is 19.4 Å². The fourth-order valence-electron chi connectivity index (χ4n) is 3.41. The van der Waals surface area contributed by atoms with E-state index in [0.717, 1.165) is 36.0 Å². The van der Waals surface area contributed by atoms with Crippen LogP contribution in [-0.2, 0) is 0 Å². The van der Waals surface area contributed by atoms with Gasteiger partial charge in [-0.1, -0.05) is 12.1 Å². The zero-order chi connectivity index (χ0) is 11.9. The van der Waals surface area contributed by atoms with Crippen molar-refractivity contribution in [1.29, 1.82) is 0 Å². The first-order chi connectivity index (χ1) is 8.92. The Morgan fingerprint density at radius 2 is 2.17 bits per heavy atom. The highest BCUT2D eigenvalue weighted by molar-refractivity contribution is 5.77. The number of nitrogens with zero attached hydrogens (tertiary/aromatic N) is 2. The summed E-state index contributed by atoms with van der Waals surface area (Å²) in [4.78, 5) is 10.7. The van der Waals surface area contributed by atoms with Crippen LogP contribution in [0, 0.1) is 5.92 Å². The molecule has 2 fully saturated rings. The maximum Gasteiger partial charge on any atom is 0.204 e. The quantitative estimate of drug-likeness (QED) is 0.800. The van der Waals surface area contributed by atoms with Gasteiger partial charge in [-0.25, -0.2) is 4.98 Å². The molecule has 0 aliphatic carbocycles. The Balaban J connectivity index is 1.72. The van der Waals surface area contributed by atoms with Gasteiger partial charge in [0, 0.05) is 25.7 Å². The smallest absolute Gasteiger partial charge is 0.204 e. The minimum absolute atomic E-state index is 0.624. The molecule has 0 amide bonds. The number of benzene rings is 1. The number of H-pyrrole nitrogens is 1. The van der Waals surface area contributed by atoms with Gasteiger partial charge in [-0.3, -0.25) is 0 Å². The SMILES string of the molecule is c1ccc2[nH]c(N3CCCC4CNCC43)nc2c1. The maximum atomic E-state index is 4.74. The van der Waals surface area contributed by atoms with Crippen molar-refractivity contribution in [3.8, 4) is 0 Å². The average Bonchev–Trinajstić information content (AvgIpc) is 3.04. The summed E-state index contributed by atoms with van der Waals surface area (Å²) in [6.07, 6.45) is 2.63. The number of anilines is 1. The third-order valence-corrected chi connectivity index (χ3v) is 4.33. The first-order valence-electron chi connectivity index (χ1n) is 6.84. The van der Waals surface area contributed by atoms with Crippen LogP contribution in [0.1, 0.15) is 12.8 Å². The normalized spacial score (nSPS) is 27.7. The third kappa shape index (κ3) is 1.52. The second-order valence-corrected chi connectivity index (χ2v) is 5.40. The van der Waals surface area contributed by atoms with Gasteiger partial charge in [-0.15, -0.1) is 0 Å². The van der Waals surface area contributed by atoms with Crippen molar-refractivity contribution >= 4 is 17.0 Å². The number of para-hydroxylation sites is 2. The van der Waals surface area contributed by atoms with Crippen molar-refractivity contribution in [2.24, 2.45) is 5.92 Å². The molecule has 1 aromatic carbocycles. The summed E-state index contributed by atoms with van der Waals surface area (Å²) in [5.74, 6) is 1.85. The third-order valence-electron chi connectivity index (χ3n) is 4.33. The molecule has 4 rings (SSSR count). The number of hydrogen-bond acceptors (Lipinski definition) is 3. The van der Waals surface area contributed by atoms with Gasteiger partial charge in [0.1, 0.15) is 0 Å². The van der Waals surface area contributed by atoms with Crippen molar-refractivity contribution in [2.75, 3.05) is 24.5 Å². The molecule has 2 atom stereocenters. The predicted octanol–water partition coefficient (Wildman–Crippen LogP) is 1.75. The van der Waals surface area contributed by atoms with E-state index in [9.17, 15) is 0 Å². The molecular formula is C14H18N4. The van der Waals surface area contributed by atoms with E-state index in [4.69, 9.17) is 4.98 Å². The molecule has 0 radical (unpaired) electrons. The van der Waals surface area contributed by atoms with Crippen LogP contribution in [0.5, 0.6) is 0 Å². The number of piperidine rings is 1. The van der Waals surface area contributed by atoms with Crippen LogP contribution >= 0.6 is 0 Å². The molecule has 2 aromatic rings. The summed E-state index contributed by atoms with van der Waals surface area (Å²) < 4.78 is 0. The van der Waals surface area contributed by atoms with Crippen molar-refractivity contribution < 1.29 is 0 Å². The zero-order valence-electron chi connectivity index (χ0n) is 10.4. The van der Waals surface area contributed by atoms with E-state index in [-0.39, 0.29) is 0 Å². The minimum Gasteiger partial charge on any atom is -0.338 e. The predicted molar refractivity (Wildman–Crippen MR) is 72.8 cm³/mol. The molecule has 2 unspecified atom stereocenters. The molecule has 2 aliphatic rings. The lowest BCUT2D eigenvalue weighted by molar-refractivity contribution is 0.381. The van der Waals surface area contributed by atoms with Gasteiger partial charge in [0.05, 0.1) is 11.0 Å². The number of nitrogens with one attached hydrogen (secondary N) is 2. The lowest BCUT2D eigenvalue weighted by Crippen LogP contribution is -2.45. The first-order valence-corrected chi connectivity index (χ1v) is 6.84. The van der Waals surface area contributed by atoms with Crippen LogP contribution in [0.25, 0.3) is 11.0 Å². The largest absolute Gasteiger partial charge is 0.338 e. The molecule has 0 spiro atoms. The monoisotopic (exact) mass is 242 g/mol. The number of rotatable bonds is 1. The lowest BCUT2D eigenvalue weighted by Gasteiger charge is -2.36. The summed E-state index contributed by atoms with van der Waals surface area (Å²) in [5.41, 5.74) is 2.21. The van der Waals surface area contributed by atoms with E-state index >= 15 is 0 Å². The van der Waals surface area contributed by atoms with Crippen molar-refractivity contribution in [3.05, 3.63) is 24.3 Å². The Bertz CT molecular complexity index is 529. The Labute approximate surface area is 106 Å². The van der Waals surface area contributed by atoms with Gasteiger partial charge in [0.2, 0.25) is 5.95 Å². The Hall–Kier alpha value is -1.55. The molecule has 3 heterocycles. The molecule has 0 saturated carbocycles. The number of aromatic nitrogens is 2. The molecular weight excluding hydrogens is 224 g/mol. The molecule has 18 heavy (non-hydrogen) atoms. The molecule has 94 valence electrons. The van der Waals surface area contributed by atoms with Crippen LogP contribution in [0.2, 0.25) is 0 Å². The van der Waals surface area contributed by atoms with Gasteiger partial charge in [0.15, 0.2) is 0 Å². The van der Waals surface area contributed by atoms with E-state index in [1.54, 1.807) is 0 Å². The number of imidazole rings is 1. The molecule has 1 aromatic heterocycles.